The fraction of sp³-hybridized carbons (Fsp3) is 0.0921. The van der Waals surface area contributed by atoms with Crippen LogP contribution in [0.25, 0.3) is 79.8 Å². The Morgan fingerprint density at radius 3 is 1.26 bits per heavy atom. The molecule has 13 rings (SSSR count). The summed E-state index contributed by atoms with van der Waals surface area (Å²) in [4.78, 5) is 34.7. The van der Waals surface area contributed by atoms with Gasteiger partial charge in [-0.25, -0.2) is 18.4 Å². The largest absolute Gasteiger partial charge is 0.508 e. The first kappa shape index (κ1) is 66.6. The molecule has 96 heavy (non-hydrogen) atoms. The summed E-state index contributed by atoms with van der Waals surface area (Å²) in [5.74, 6) is -1.11. The first-order chi connectivity index (χ1) is 46.0. The van der Waals surface area contributed by atoms with Gasteiger partial charge in [0.1, 0.15) is 34.5 Å². The molecule has 0 amide bonds. The van der Waals surface area contributed by atoms with Gasteiger partial charge < -0.3 is 44.5 Å². The van der Waals surface area contributed by atoms with Gasteiger partial charge in [-0.3, -0.25) is 4.79 Å². The lowest BCUT2D eigenvalue weighted by Gasteiger charge is -2.28. The van der Waals surface area contributed by atoms with Gasteiger partial charge in [0.15, 0.2) is 23.0 Å². The lowest BCUT2D eigenvalue weighted by molar-refractivity contribution is -0.137. The molecule has 20 heteroatoms. The van der Waals surface area contributed by atoms with E-state index in [0.717, 1.165) is 78.7 Å². The van der Waals surface area contributed by atoms with Crippen LogP contribution in [-0.4, -0.2) is 56.5 Å². The van der Waals surface area contributed by atoms with Crippen LogP contribution in [0.4, 0.5) is 22.0 Å². The Kier molecular flexibility index (Phi) is 19.9. The average Bonchev–Trinajstić information content (AvgIpc) is 1.62. The monoisotopic (exact) mass is 1350 g/mol. The van der Waals surface area contributed by atoms with Crippen molar-refractivity contribution in [3.8, 4) is 83.1 Å². The summed E-state index contributed by atoms with van der Waals surface area (Å²) in [5.41, 5.74) is 4.71. The van der Waals surface area contributed by atoms with Gasteiger partial charge in [-0.15, -0.1) is 34.0 Å². The third kappa shape index (κ3) is 16.0. The number of ketones is 1. The highest BCUT2D eigenvalue weighted by Gasteiger charge is 2.32. The Morgan fingerprint density at radius 1 is 0.479 bits per heavy atom. The summed E-state index contributed by atoms with van der Waals surface area (Å²) in [7, 11) is 0. The van der Waals surface area contributed by atoms with E-state index in [9.17, 15) is 51.7 Å². The van der Waals surface area contributed by atoms with E-state index in [1.54, 1.807) is 121 Å². The second-order valence-electron chi connectivity index (χ2n) is 22.0. The predicted octanol–water partition coefficient (Wildman–Crippen LogP) is 21.2. The lowest BCUT2D eigenvalue weighted by atomic mass is 9.92. The molecule has 0 bridgehead atoms. The minimum atomic E-state index is -4.41. The van der Waals surface area contributed by atoms with Gasteiger partial charge in [-0.1, -0.05) is 103 Å². The van der Waals surface area contributed by atoms with Crippen molar-refractivity contribution in [2.45, 2.75) is 31.9 Å². The van der Waals surface area contributed by atoms with Gasteiger partial charge in [0.25, 0.3) is 5.92 Å². The molecular weight excluding hydrogens is 1300 g/mol. The van der Waals surface area contributed by atoms with E-state index in [-0.39, 0.29) is 28.6 Å². The summed E-state index contributed by atoms with van der Waals surface area (Å²) in [6, 6.07) is 55.5. The zero-order valence-corrected chi connectivity index (χ0v) is 53.2. The third-order valence-electron chi connectivity index (χ3n) is 14.9. The summed E-state index contributed by atoms with van der Waals surface area (Å²) in [6.07, 6.45) is 3.89. The molecule has 484 valence electrons. The third-order valence-corrected chi connectivity index (χ3v) is 18.5. The highest BCUT2D eigenvalue weighted by atomic mass is 32.1. The maximum absolute atomic E-state index is 14.3. The lowest BCUT2D eigenvalue weighted by Crippen LogP contribution is -2.25. The van der Waals surface area contributed by atoms with Crippen LogP contribution in [0.1, 0.15) is 53.1 Å². The van der Waals surface area contributed by atoms with Crippen LogP contribution in [0.3, 0.4) is 0 Å². The van der Waals surface area contributed by atoms with E-state index in [0.29, 0.717) is 84.4 Å². The smallest absolute Gasteiger partial charge is 0.416 e. The van der Waals surface area contributed by atoms with Crippen LogP contribution in [0.15, 0.2) is 218 Å². The fourth-order valence-electron chi connectivity index (χ4n) is 10.2. The maximum Gasteiger partial charge on any atom is 0.416 e. The number of aliphatic carboxylic acids is 2. The number of allylic oxidation sites excluding steroid dienone is 1. The highest BCUT2D eigenvalue weighted by molar-refractivity contribution is 7.23. The quantitative estimate of drug-likeness (QED) is 0.0429. The minimum Gasteiger partial charge on any atom is -0.508 e. The Balaban J connectivity index is 0.000000146. The first-order valence-electron chi connectivity index (χ1n) is 29.4. The summed E-state index contributed by atoms with van der Waals surface area (Å²) >= 11 is 4.17. The van der Waals surface area contributed by atoms with E-state index >= 15 is 0 Å². The van der Waals surface area contributed by atoms with E-state index in [1.165, 1.54) is 83.7 Å². The molecule has 1 fully saturated rings. The number of thiophene rings is 3. The van der Waals surface area contributed by atoms with Crippen molar-refractivity contribution in [1.82, 2.24) is 0 Å². The van der Waals surface area contributed by atoms with Crippen LogP contribution >= 0.6 is 34.0 Å². The molecule has 0 radical (unpaired) electrons. The van der Waals surface area contributed by atoms with Gasteiger partial charge in [0, 0.05) is 66.4 Å². The Hall–Kier alpha value is -10.9. The molecule has 5 N–H and O–H groups in total. The van der Waals surface area contributed by atoms with Crippen LogP contribution in [0.5, 0.6) is 51.7 Å². The van der Waals surface area contributed by atoms with Crippen molar-refractivity contribution in [3.63, 3.8) is 0 Å². The summed E-state index contributed by atoms with van der Waals surface area (Å²) in [5, 5.41) is 49.7. The molecule has 0 saturated carbocycles. The number of carbonyl (C=O) groups excluding carboxylic acids is 1. The number of halogens is 5. The highest BCUT2D eigenvalue weighted by Crippen LogP contribution is 2.52. The Labute approximate surface area is 557 Å². The van der Waals surface area contributed by atoms with Crippen LogP contribution in [0.2, 0.25) is 0 Å². The number of rotatable bonds is 17. The molecule has 9 aromatic carbocycles. The van der Waals surface area contributed by atoms with Crippen molar-refractivity contribution in [3.05, 3.63) is 252 Å². The standard InChI is InChI=1S/C26H20O5S.C25H17F3O3S.C25H18F2O4S/c27-18-8-11-22-23(13-18)32-26(21-4-2-1-3-20(21)17-14-30-15-17)25(22)31-19-9-5-16(6-10-19)7-12-24(28)29;1-15(29)2-3-16-4-11-20(12-5-16)31-23-21-13-10-19(30)14-22(21)32-24(23)17-6-8-18(9-7-17)25(26,27)28;1-25(26,27)20-5-3-2-4-18(20)24-23(19-12-9-16(28)14-21(19)32-24)31-17-10-6-15(7-11-17)8-13-22(29)30/h1-13,17,27H,14-15H2,(H,28,29);2-14,30H,1H3;2-14,28H,1H3,(H,29,30)/b12-7+;3-2+;13-8+. The van der Waals surface area contributed by atoms with Gasteiger partial charge in [-0.2, -0.15) is 13.2 Å². The van der Waals surface area contributed by atoms with Gasteiger partial charge in [0.05, 0.1) is 33.4 Å². The van der Waals surface area contributed by atoms with E-state index in [2.05, 4.69) is 12.1 Å². The number of carboxylic acid groups (broad SMARTS) is 2. The average molecular weight is 1350 g/mol. The summed E-state index contributed by atoms with van der Waals surface area (Å²) in [6.45, 7) is 3.75. The van der Waals surface area contributed by atoms with Crippen LogP contribution < -0.4 is 14.2 Å². The molecule has 3 aromatic heterocycles. The van der Waals surface area contributed by atoms with Crippen LogP contribution in [-0.2, 0) is 31.2 Å². The number of ether oxygens (including phenoxy) is 4. The molecule has 0 unspecified atom stereocenters. The Bertz CT molecular complexity index is 4920. The SMILES string of the molecule is CC(=O)/C=C/c1ccc(Oc2c(-c3ccc(C(F)(F)F)cc3)sc3cc(O)ccc23)cc1.CC(F)(F)c1ccccc1-c1sc2cc(O)ccc2c1Oc1ccc(/C=C/C(=O)O)cc1.O=C(O)/C=C/c1ccc(Oc2c(-c3ccccc3C3COC3)sc3cc(O)ccc23)cc1. The zero-order chi connectivity index (χ0) is 67.8. The number of hydrogen-bond donors (Lipinski definition) is 5. The van der Waals surface area contributed by atoms with Gasteiger partial charge >= 0.3 is 18.1 Å². The number of benzene rings is 9. The van der Waals surface area contributed by atoms with Crippen molar-refractivity contribution >= 4 is 100 Å². The molecule has 0 aliphatic carbocycles. The number of phenols is 3. The number of hydrogen-bond acceptors (Lipinski definition) is 13. The van der Waals surface area contributed by atoms with E-state index in [1.807, 2.05) is 42.5 Å². The molecule has 12 aromatic rings. The molecular formula is C76H55F5O12S3. The number of alkyl halides is 5. The number of aromatic hydroxyl groups is 3. The molecule has 0 atom stereocenters. The van der Waals surface area contributed by atoms with Gasteiger partial charge in [0.2, 0.25) is 0 Å². The van der Waals surface area contributed by atoms with Crippen LogP contribution in [0, 0.1) is 0 Å². The number of carbonyl (C=O) groups is 3. The molecule has 4 heterocycles. The maximum atomic E-state index is 14.3. The Morgan fingerprint density at radius 2 is 0.865 bits per heavy atom. The van der Waals surface area contributed by atoms with Crippen molar-refractivity contribution in [1.29, 1.82) is 0 Å². The fourth-order valence-corrected chi connectivity index (χ4v) is 13.8. The second kappa shape index (κ2) is 28.8. The molecule has 12 nitrogen and oxygen atoms in total. The van der Waals surface area contributed by atoms with E-state index < -0.39 is 29.6 Å². The number of fused-ring (bicyclic) bond motifs is 3. The number of carboxylic acids is 2. The van der Waals surface area contributed by atoms with Crippen molar-refractivity contribution < 1.29 is 80.8 Å². The molecule has 1 saturated heterocycles. The normalized spacial score (nSPS) is 12.6. The molecule has 1 aliphatic heterocycles. The first-order valence-corrected chi connectivity index (χ1v) is 31.9. The number of phenolic OH excluding ortho intramolecular Hbond substituents is 3. The molecule has 1 aliphatic rings. The zero-order valence-electron chi connectivity index (χ0n) is 50.7. The second-order valence-corrected chi connectivity index (χ2v) is 25.1. The van der Waals surface area contributed by atoms with Gasteiger partial charge in [-0.05, 0) is 162 Å². The van der Waals surface area contributed by atoms with Crippen molar-refractivity contribution in [2.75, 3.05) is 13.2 Å². The topological polar surface area (TPSA) is 189 Å². The van der Waals surface area contributed by atoms with E-state index in [4.69, 9.17) is 29.2 Å². The van der Waals surface area contributed by atoms with Crippen molar-refractivity contribution in [2.24, 2.45) is 0 Å². The summed E-state index contributed by atoms with van der Waals surface area (Å²) < 4.78 is 94.0. The minimum absolute atomic E-state index is 0.0560. The molecule has 0 spiro atoms. The predicted molar refractivity (Wildman–Crippen MR) is 368 cm³/mol.